The summed E-state index contributed by atoms with van der Waals surface area (Å²) in [5.74, 6) is 0. The van der Waals surface area contributed by atoms with Gasteiger partial charge in [-0.05, 0) is 141 Å². The lowest BCUT2D eigenvalue weighted by molar-refractivity contribution is 0.769. The van der Waals surface area contributed by atoms with E-state index in [9.17, 15) is 0 Å². The van der Waals surface area contributed by atoms with E-state index in [1.165, 1.54) is 121 Å². The van der Waals surface area contributed by atoms with Gasteiger partial charge in [0.25, 0.3) is 0 Å². The Labute approximate surface area is 513 Å². The average molecular weight is 1130 g/mol. The van der Waals surface area contributed by atoms with E-state index in [2.05, 4.69) is 346 Å². The summed E-state index contributed by atoms with van der Waals surface area (Å²) >= 11 is 0. The maximum Gasteiger partial charge on any atom is 0.0713 e. The van der Waals surface area contributed by atoms with Gasteiger partial charge in [-0.3, -0.25) is 0 Å². The zero-order valence-corrected chi connectivity index (χ0v) is 48.5. The first-order valence-electron chi connectivity index (χ1n) is 30.8. The van der Waals surface area contributed by atoms with Crippen LogP contribution in [0.25, 0.3) is 143 Å². The van der Waals surface area contributed by atoms with Crippen molar-refractivity contribution in [2.75, 3.05) is 0 Å². The Morgan fingerprint density at radius 3 is 0.640 bits per heavy atom. The lowest BCUT2D eigenvalue weighted by Gasteiger charge is -2.34. The number of rotatable bonds is 8. The molecule has 0 unspecified atom stereocenters. The van der Waals surface area contributed by atoms with Gasteiger partial charge >= 0.3 is 0 Å². The van der Waals surface area contributed by atoms with E-state index in [1.807, 2.05) is 0 Å². The van der Waals surface area contributed by atoms with Crippen LogP contribution in [-0.4, -0.2) is 18.3 Å². The van der Waals surface area contributed by atoms with Gasteiger partial charge in [-0.2, -0.15) is 0 Å². The highest BCUT2D eigenvalue weighted by atomic mass is 15.0. The fourth-order valence-electron chi connectivity index (χ4n) is 15.7. The third kappa shape index (κ3) is 7.17. The molecule has 0 fully saturated rings. The van der Waals surface area contributed by atoms with Crippen LogP contribution in [0.4, 0.5) is 0 Å². The molecule has 0 spiro atoms. The predicted molar refractivity (Wildman–Crippen MR) is 372 cm³/mol. The first-order valence-corrected chi connectivity index (χ1v) is 30.8. The van der Waals surface area contributed by atoms with Crippen molar-refractivity contribution in [3.63, 3.8) is 0 Å². The van der Waals surface area contributed by atoms with Gasteiger partial charge in [-0.25, -0.2) is 0 Å². The summed E-state index contributed by atoms with van der Waals surface area (Å²) in [6, 6.07) is 122. The van der Waals surface area contributed by atoms with Crippen LogP contribution >= 0.6 is 0 Å². The van der Waals surface area contributed by atoms with Gasteiger partial charge in [-0.15, -0.1) is 0 Å². The third-order valence-electron chi connectivity index (χ3n) is 19.4. The lowest BCUT2D eigenvalue weighted by Crippen LogP contribution is -2.28. The molecule has 89 heavy (non-hydrogen) atoms. The Kier molecular flexibility index (Phi) is 10.7. The largest absolute Gasteiger partial charge is 0.309 e. The average Bonchev–Trinajstić information content (AvgIpc) is 1.60. The molecule has 0 N–H and O–H groups in total. The van der Waals surface area contributed by atoms with Crippen molar-refractivity contribution in [1.82, 2.24) is 18.3 Å². The van der Waals surface area contributed by atoms with Crippen LogP contribution < -0.4 is 0 Å². The summed E-state index contributed by atoms with van der Waals surface area (Å²) < 4.78 is 9.82. The van der Waals surface area contributed by atoms with Crippen molar-refractivity contribution >= 4 is 87.2 Å². The highest BCUT2D eigenvalue weighted by Crippen LogP contribution is 2.56. The van der Waals surface area contributed by atoms with Crippen LogP contribution in [0.3, 0.4) is 0 Å². The van der Waals surface area contributed by atoms with E-state index in [0.29, 0.717) is 0 Å². The molecule has 4 heterocycles. The van der Waals surface area contributed by atoms with Gasteiger partial charge in [0.1, 0.15) is 0 Å². The Morgan fingerprint density at radius 1 is 0.180 bits per heavy atom. The second-order valence-corrected chi connectivity index (χ2v) is 24.0. The maximum atomic E-state index is 2.46. The number of aromatic nitrogens is 4. The van der Waals surface area contributed by atoms with Gasteiger partial charge in [-0.1, -0.05) is 243 Å². The van der Waals surface area contributed by atoms with Gasteiger partial charge in [0, 0.05) is 65.8 Å². The van der Waals surface area contributed by atoms with Crippen molar-refractivity contribution in [1.29, 1.82) is 0 Å². The van der Waals surface area contributed by atoms with Crippen LogP contribution in [0.15, 0.2) is 328 Å². The smallest absolute Gasteiger partial charge is 0.0713 e. The van der Waals surface area contributed by atoms with E-state index in [1.54, 1.807) is 0 Å². The van der Waals surface area contributed by atoms with Crippen LogP contribution in [0.2, 0.25) is 0 Å². The molecule has 414 valence electrons. The number of hydrogen-bond donors (Lipinski definition) is 0. The molecular weight excluding hydrogens is 1080 g/mol. The monoisotopic (exact) mass is 1130 g/mol. The topological polar surface area (TPSA) is 19.7 Å². The standard InChI is InChI=1S/C85H54N4/c1-11-31-75-65(21-1)66-22-2-12-32-76(66)85(75,59-45-41-55(42-46-59)57-49-61(86-77-33-13-3-23-67(77)68-24-4-14-34-78(68)86)53-62(50-57)87-79-35-15-5-25-69(79)70-26-6-16-36-80(70)87)60-47-43-56(44-48-60)58-51-63(88-81-37-17-7-27-71(81)72-28-8-18-38-82(72)88)54-64(52-58)89-83-39-19-9-29-73(83)74-30-10-20-40-84(74)89/h1-54H. The molecule has 4 heteroatoms. The van der Waals surface area contributed by atoms with Crippen molar-refractivity contribution in [3.05, 3.63) is 350 Å². The summed E-state index contributed by atoms with van der Waals surface area (Å²) in [5, 5.41) is 9.92. The van der Waals surface area contributed by atoms with Crippen LogP contribution in [0, 0.1) is 0 Å². The Bertz CT molecular complexity index is 5080. The van der Waals surface area contributed by atoms with Crippen LogP contribution in [-0.2, 0) is 5.41 Å². The summed E-state index contributed by atoms with van der Waals surface area (Å²) in [7, 11) is 0. The van der Waals surface area contributed by atoms with Gasteiger partial charge in [0.15, 0.2) is 0 Å². The Hall–Kier alpha value is -11.7. The SMILES string of the molecule is c1ccc2c(c1)-c1ccccc1C2(c1ccc(-c2cc(-n3c4ccccc4c4ccccc43)cc(-n3c4ccccc4c4ccccc43)c2)cc1)c1ccc(-c2cc(-n3c4ccccc4c4ccccc43)cc(-n3c4ccccc4c4ccccc43)c2)cc1. The second-order valence-electron chi connectivity index (χ2n) is 24.0. The molecule has 0 saturated heterocycles. The molecule has 0 amide bonds. The van der Waals surface area contributed by atoms with E-state index in [-0.39, 0.29) is 0 Å². The number of hydrogen-bond acceptors (Lipinski definition) is 0. The van der Waals surface area contributed by atoms with Crippen molar-refractivity contribution in [2.24, 2.45) is 0 Å². The Balaban J connectivity index is 0.801. The molecule has 0 atom stereocenters. The predicted octanol–water partition coefficient (Wildman–Crippen LogP) is 21.8. The third-order valence-corrected chi connectivity index (χ3v) is 19.4. The number of fused-ring (bicyclic) bond motifs is 15. The quantitative estimate of drug-likeness (QED) is 0.144. The molecule has 4 nitrogen and oxygen atoms in total. The van der Waals surface area contributed by atoms with Crippen LogP contribution in [0.1, 0.15) is 22.3 Å². The maximum absolute atomic E-state index is 2.46. The molecule has 14 aromatic carbocycles. The summed E-state index contributed by atoms with van der Waals surface area (Å²) in [6.45, 7) is 0. The zero-order valence-electron chi connectivity index (χ0n) is 48.5. The Morgan fingerprint density at radius 2 is 0.393 bits per heavy atom. The van der Waals surface area contributed by atoms with E-state index < -0.39 is 5.41 Å². The lowest BCUT2D eigenvalue weighted by atomic mass is 9.67. The molecule has 19 rings (SSSR count). The minimum absolute atomic E-state index is 0.623. The molecule has 0 radical (unpaired) electrons. The van der Waals surface area contributed by atoms with Crippen LogP contribution in [0.5, 0.6) is 0 Å². The highest BCUT2D eigenvalue weighted by molar-refractivity contribution is 6.13. The minimum atomic E-state index is -0.623. The molecule has 0 bridgehead atoms. The van der Waals surface area contributed by atoms with Crippen molar-refractivity contribution < 1.29 is 0 Å². The number of nitrogens with zero attached hydrogens (tertiary/aromatic N) is 4. The van der Waals surface area contributed by atoms with E-state index >= 15 is 0 Å². The van der Waals surface area contributed by atoms with Crippen molar-refractivity contribution in [2.45, 2.75) is 5.41 Å². The fraction of sp³-hybridized carbons (Fsp3) is 0.0118. The highest BCUT2D eigenvalue weighted by Gasteiger charge is 2.46. The summed E-state index contributed by atoms with van der Waals surface area (Å²) in [5.41, 5.74) is 25.4. The first-order chi connectivity index (χ1) is 44.2. The normalized spacial score (nSPS) is 12.8. The molecular formula is C85H54N4. The second kappa shape index (κ2) is 19.1. The fourth-order valence-corrected chi connectivity index (χ4v) is 15.7. The molecule has 1 aliphatic rings. The van der Waals surface area contributed by atoms with Gasteiger partial charge < -0.3 is 18.3 Å². The van der Waals surface area contributed by atoms with E-state index in [4.69, 9.17) is 0 Å². The number of para-hydroxylation sites is 8. The minimum Gasteiger partial charge on any atom is -0.309 e. The molecule has 0 saturated carbocycles. The zero-order chi connectivity index (χ0) is 58.3. The van der Waals surface area contributed by atoms with E-state index in [0.717, 1.165) is 45.0 Å². The van der Waals surface area contributed by atoms with Gasteiger partial charge in [0.2, 0.25) is 0 Å². The molecule has 0 aliphatic heterocycles. The first kappa shape index (κ1) is 49.5. The molecule has 4 aromatic heterocycles. The number of benzene rings is 14. The summed E-state index contributed by atoms with van der Waals surface area (Å²) in [6.07, 6.45) is 0. The summed E-state index contributed by atoms with van der Waals surface area (Å²) in [4.78, 5) is 0. The molecule has 1 aliphatic carbocycles. The molecule has 18 aromatic rings. The van der Waals surface area contributed by atoms with Gasteiger partial charge in [0.05, 0.1) is 49.5 Å². The van der Waals surface area contributed by atoms with Crippen molar-refractivity contribution in [3.8, 4) is 56.1 Å².